The molecule has 0 unspecified atom stereocenters. The van der Waals surface area contributed by atoms with E-state index in [1.807, 2.05) is 6.92 Å². The van der Waals surface area contributed by atoms with E-state index in [1.54, 1.807) is 6.20 Å². The van der Waals surface area contributed by atoms with Gasteiger partial charge in [-0.3, -0.25) is 0 Å². The largest absolute Gasteiger partial charge is 0.247 e. The van der Waals surface area contributed by atoms with E-state index in [9.17, 15) is 0 Å². The van der Waals surface area contributed by atoms with Gasteiger partial charge < -0.3 is 0 Å². The molecule has 54 valence electrons. The number of halogens is 3. The molecule has 0 aliphatic heterocycles. The first kappa shape index (κ1) is 8.74. The number of hydrogen-bond donors (Lipinski definition) is 0. The zero-order valence-corrected chi connectivity index (χ0v) is 9.66. The van der Waals surface area contributed by atoms with Crippen LogP contribution in [0.2, 0.25) is 5.02 Å². The fourth-order valence-corrected chi connectivity index (χ4v) is 1.66. The van der Waals surface area contributed by atoms with Gasteiger partial charge in [-0.25, -0.2) is 4.98 Å². The van der Waals surface area contributed by atoms with Gasteiger partial charge in [-0.2, -0.15) is 0 Å². The zero-order valence-electron chi connectivity index (χ0n) is 5.16. The van der Waals surface area contributed by atoms with Gasteiger partial charge in [0.15, 0.2) is 0 Å². The molecule has 1 heterocycles. The predicted octanol–water partition coefficient (Wildman–Crippen LogP) is 3.41. The average molecular weight is 332 g/mol. The Hall–Kier alpha value is 0.650. The quantitative estimate of drug-likeness (QED) is 0.524. The van der Waals surface area contributed by atoms with E-state index in [1.165, 1.54) is 0 Å². The van der Waals surface area contributed by atoms with Gasteiger partial charge in [-0.05, 0) is 51.0 Å². The molecular weight excluding hydrogens is 328 g/mol. The molecule has 0 bridgehead atoms. The molecule has 0 fully saturated rings. The highest BCUT2D eigenvalue weighted by atomic mass is 127. The molecule has 0 N–H and O–H groups in total. The number of hydrogen-bond acceptors (Lipinski definition) is 1. The third-order valence-electron chi connectivity index (χ3n) is 1.16. The molecular formula is C6H4BrClIN. The Morgan fingerprint density at radius 1 is 1.70 bits per heavy atom. The SMILES string of the molecule is Cc1c(Cl)cnc(Br)c1I. The smallest absolute Gasteiger partial charge is 0.119 e. The summed E-state index contributed by atoms with van der Waals surface area (Å²) in [6, 6.07) is 0. The van der Waals surface area contributed by atoms with Crippen LogP contribution in [-0.4, -0.2) is 4.98 Å². The third-order valence-corrected chi connectivity index (χ3v) is 4.20. The first-order valence-electron chi connectivity index (χ1n) is 2.59. The van der Waals surface area contributed by atoms with Crippen LogP contribution >= 0.6 is 50.1 Å². The minimum absolute atomic E-state index is 0.715. The fraction of sp³-hybridized carbons (Fsp3) is 0.167. The molecule has 10 heavy (non-hydrogen) atoms. The standard InChI is InChI=1S/C6H4BrClIN/c1-3-4(8)2-10-6(7)5(3)9/h2H,1H3. The van der Waals surface area contributed by atoms with Crippen molar-refractivity contribution >= 4 is 50.1 Å². The Bertz CT molecular complexity index is 237. The second kappa shape index (κ2) is 3.36. The Balaban J connectivity index is 3.34. The number of nitrogens with zero attached hydrogens (tertiary/aromatic N) is 1. The molecule has 4 heteroatoms. The molecule has 0 aliphatic carbocycles. The maximum absolute atomic E-state index is 5.80. The van der Waals surface area contributed by atoms with E-state index in [-0.39, 0.29) is 0 Å². The molecule has 1 rings (SSSR count). The topological polar surface area (TPSA) is 12.9 Å². The molecule has 0 aromatic carbocycles. The molecule has 0 amide bonds. The van der Waals surface area contributed by atoms with Gasteiger partial charge in [-0.15, -0.1) is 0 Å². The van der Waals surface area contributed by atoms with Crippen LogP contribution in [-0.2, 0) is 0 Å². The normalized spacial score (nSPS) is 10.0. The first-order valence-corrected chi connectivity index (χ1v) is 4.84. The predicted molar refractivity (Wildman–Crippen MR) is 54.4 cm³/mol. The average Bonchev–Trinajstić information content (AvgIpc) is 1.93. The van der Waals surface area contributed by atoms with E-state index in [0.29, 0.717) is 5.02 Å². The maximum Gasteiger partial charge on any atom is 0.119 e. The van der Waals surface area contributed by atoms with Crippen molar-refractivity contribution in [2.24, 2.45) is 0 Å². The highest BCUT2D eigenvalue weighted by molar-refractivity contribution is 14.1. The summed E-state index contributed by atoms with van der Waals surface area (Å²) in [7, 11) is 0. The van der Waals surface area contributed by atoms with Crippen LogP contribution in [0.3, 0.4) is 0 Å². The summed E-state index contributed by atoms with van der Waals surface area (Å²) < 4.78 is 1.93. The lowest BCUT2D eigenvalue weighted by atomic mass is 10.3. The molecule has 0 radical (unpaired) electrons. The summed E-state index contributed by atoms with van der Waals surface area (Å²) in [5.74, 6) is 0. The Morgan fingerprint density at radius 3 is 2.80 bits per heavy atom. The van der Waals surface area contributed by atoms with Gasteiger partial charge >= 0.3 is 0 Å². The van der Waals surface area contributed by atoms with Crippen LogP contribution in [0.15, 0.2) is 10.8 Å². The van der Waals surface area contributed by atoms with Crippen molar-refractivity contribution in [1.82, 2.24) is 4.98 Å². The summed E-state index contributed by atoms with van der Waals surface area (Å²) in [5, 5.41) is 0.715. The molecule has 0 saturated heterocycles. The van der Waals surface area contributed by atoms with Crippen molar-refractivity contribution in [2.45, 2.75) is 6.92 Å². The van der Waals surface area contributed by atoms with E-state index in [2.05, 4.69) is 43.5 Å². The van der Waals surface area contributed by atoms with Crippen molar-refractivity contribution in [3.63, 3.8) is 0 Å². The van der Waals surface area contributed by atoms with Gasteiger partial charge in [0.2, 0.25) is 0 Å². The Morgan fingerprint density at radius 2 is 2.30 bits per heavy atom. The van der Waals surface area contributed by atoms with E-state index in [0.717, 1.165) is 13.7 Å². The Labute approximate surface area is 86.4 Å². The summed E-state index contributed by atoms with van der Waals surface area (Å²) >= 11 is 11.3. The molecule has 0 saturated carbocycles. The second-order valence-corrected chi connectivity index (χ2v) is 4.07. The highest BCUT2D eigenvalue weighted by Crippen LogP contribution is 2.25. The molecule has 1 nitrogen and oxygen atoms in total. The van der Waals surface area contributed by atoms with E-state index < -0.39 is 0 Å². The second-order valence-electron chi connectivity index (χ2n) is 1.84. The third kappa shape index (κ3) is 1.62. The van der Waals surface area contributed by atoms with Crippen molar-refractivity contribution in [3.8, 4) is 0 Å². The lowest BCUT2D eigenvalue weighted by molar-refractivity contribution is 1.21. The van der Waals surface area contributed by atoms with Crippen molar-refractivity contribution in [2.75, 3.05) is 0 Å². The maximum atomic E-state index is 5.80. The molecule has 0 aliphatic rings. The van der Waals surface area contributed by atoms with Crippen LogP contribution < -0.4 is 0 Å². The fourth-order valence-electron chi connectivity index (χ4n) is 0.526. The van der Waals surface area contributed by atoms with Crippen LogP contribution in [0.4, 0.5) is 0 Å². The summed E-state index contributed by atoms with van der Waals surface area (Å²) in [6.07, 6.45) is 1.64. The summed E-state index contributed by atoms with van der Waals surface area (Å²) in [6.45, 7) is 1.97. The van der Waals surface area contributed by atoms with Gasteiger partial charge in [0.05, 0.1) is 8.59 Å². The monoisotopic (exact) mass is 331 g/mol. The van der Waals surface area contributed by atoms with Gasteiger partial charge in [0.25, 0.3) is 0 Å². The van der Waals surface area contributed by atoms with Gasteiger partial charge in [0, 0.05) is 6.20 Å². The van der Waals surface area contributed by atoms with Crippen LogP contribution in [0.5, 0.6) is 0 Å². The molecule has 1 aromatic heterocycles. The molecule has 0 atom stereocenters. The van der Waals surface area contributed by atoms with Crippen LogP contribution in [0, 0.1) is 10.5 Å². The lowest BCUT2D eigenvalue weighted by Gasteiger charge is -2.00. The van der Waals surface area contributed by atoms with Crippen LogP contribution in [0.25, 0.3) is 0 Å². The van der Waals surface area contributed by atoms with Crippen molar-refractivity contribution in [1.29, 1.82) is 0 Å². The minimum Gasteiger partial charge on any atom is -0.247 e. The number of rotatable bonds is 0. The van der Waals surface area contributed by atoms with Gasteiger partial charge in [-0.1, -0.05) is 11.6 Å². The van der Waals surface area contributed by atoms with Crippen molar-refractivity contribution < 1.29 is 0 Å². The molecule has 0 spiro atoms. The zero-order chi connectivity index (χ0) is 7.72. The first-order chi connectivity index (χ1) is 4.63. The number of pyridine rings is 1. The van der Waals surface area contributed by atoms with E-state index in [4.69, 9.17) is 11.6 Å². The van der Waals surface area contributed by atoms with Crippen LogP contribution in [0.1, 0.15) is 5.56 Å². The number of aromatic nitrogens is 1. The highest BCUT2D eigenvalue weighted by Gasteiger charge is 2.03. The summed E-state index contributed by atoms with van der Waals surface area (Å²) in [4.78, 5) is 4.02. The summed E-state index contributed by atoms with van der Waals surface area (Å²) in [5.41, 5.74) is 1.07. The minimum atomic E-state index is 0.715. The Kier molecular flexibility index (Phi) is 2.94. The van der Waals surface area contributed by atoms with Gasteiger partial charge in [0.1, 0.15) is 4.60 Å². The van der Waals surface area contributed by atoms with E-state index >= 15 is 0 Å². The van der Waals surface area contributed by atoms with Crippen molar-refractivity contribution in [3.05, 3.63) is 25.0 Å². The molecule has 1 aromatic rings. The lowest BCUT2D eigenvalue weighted by Crippen LogP contribution is -1.86.